The second-order valence-electron chi connectivity index (χ2n) is 10.6. The topological polar surface area (TPSA) is 29.5 Å². The molecule has 2 heterocycles. The summed E-state index contributed by atoms with van der Waals surface area (Å²) in [5, 5.41) is 9.35. The lowest BCUT2D eigenvalue weighted by Crippen LogP contribution is -2.10. The highest BCUT2D eigenvalue weighted by Crippen LogP contribution is 2.44. The molecule has 9 rings (SSSR count). The van der Waals surface area contributed by atoms with Gasteiger partial charge < -0.3 is 13.7 Å². The summed E-state index contributed by atoms with van der Waals surface area (Å²) >= 11 is 0. The lowest BCUT2D eigenvalue weighted by atomic mass is 9.99. The largest absolute Gasteiger partial charge is 0.456 e. The summed E-state index contributed by atoms with van der Waals surface area (Å²) < 4.78 is 12.4. The minimum atomic E-state index is 0.884. The van der Waals surface area contributed by atoms with Gasteiger partial charge in [0.25, 0.3) is 0 Å². The summed E-state index contributed by atoms with van der Waals surface area (Å²) in [7, 11) is 0. The van der Waals surface area contributed by atoms with Crippen molar-refractivity contribution in [2.24, 2.45) is 0 Å². The molecule has 192 valence electrons. The SMILES string of the molecule is c1ccc2c(c1)ccc1c(N(c3ccc4oc5ccccc5c4c3)c3ccc4oc5ccccc5c4c3)cccc12. The van der Waals surface area contributed by atoms with Crippen LogP contribution >= 0.6 is 0 Å². The van der Waals surface area contributed by atoms with E-state index in [4.69, 9.17) is 8.83 Å². The minimum Gasteiger partial charge on any atom is -0.456 e. The zero-order chi connectivity index (χ0) is 26.9. The summed E-state index contributed by atoms with van der Waals surface area (Å²) in [4.78, 5) is 2.36. The molecule has 0 radical (unpaired) electrons. The lowest BCUT2D eigenvalue weighted by molar-refractivity contribution is 0.668. The van der Waals surface area contributed by atoms with E-state index in [1.165, 1.54) is 21.5 Å². The zero-order valence-electron chi connectivity index (χ0n) is 22.0. The third kappa shape index (κ3) is 3.33. The average molecular weight is 526 g/mol. The average Bonchev–Trinajstić information content (AvgIpc) is 3.59. The zero-order valence-corrected chi connectivity index (χ0v) is 22.0. The molecule has 41 heavy (non-hydrogen) atoms. The fraction of sp³-hybridized carbons (Fsp3) is 0. The molecule has 7 aromatic carbocycles. The first-order valence-corrected chi connectivity index (χ1v) is 13.9. The van der Waals surface area contributed by atoms with Gasteiger partial charge in [-0.2, -0.15) is 0 Å². The Morgan fingerprint density at radius 3 is 1.54 bits per heavy atom. The molecule has 2 aromatic heterocycles. The Morgan fingerprint density at radius 1 is 0.341 bits per heavy atom. The molecule has 0 spiro atoms. The van der Waals surface area contributed by atoms with Crippen LogP contribution in [-0.4, -0.2) is 0 Å². The van der Waals surface area contributed by atoms with Crippen LogP contribution in [0.3, 0.4) is 0 Å². The number of fused-ring (bicyclic) bond motifs is 9. The fourth-order valence-electron chi connectivity index (χ4n) is 6.35. The van der Waals surface area contributed by atoms with Gasteiger partial charge in [-0.25, -0.2) is 0 Å². The molecule has 0 atom stereocenters. The monoisotopic (exact) mass is 525 g/mol. The van der Waals surface area contributed by atoms with Gasteiger partial charge in [-0.3, -0.25) is 0 Å². The summed E-state index contributed by atoms with van der Waals surface area (Å²) in [5.41, 5.74) is 6.81. The Balaban J connectivity index is 1.36. The van der Waals surface area contributed by atoms with Crippen molar-refractivity contribution in [3.63, 3.8) is 0 Å². The lowest BCUT2D eigenvalue weighted by Gasteiger charge is -2.27. The number of rotatable bonds is 3. The number of para-hydroxylation sites is 2. The molecule has 0 saturated carbocycles. The number of anilines is 3. The van der Waals surface area contributed by atoms with E-state index in [2.05, 4.69) is 120 Å². The van der Waals surface area contributed by atoms with Crippen molar-refractivity contribution in [2.45, 2.75) is 0 Å². The van der Waals surface area contributed by atoms with Crippen LogP contribution in [0.25, 0.3) is 65.4 Å². The fourth-order valence-corrected chi connectivity index (χ4v) is 6.35. The standard InChI is InChI=1S/C38H23NO2/c1-2-9-27-24(8-1)16-19-29-28(27)12-7-13-34(29)39(25-17-20-37-32(22-25)30-10-3-5-14-35(30)40-37)26-18-21-38-33(23-26)31-11-4-6-15-36(31)41-38/h1-23H. The van der Waals surface area contributed by atoms with Gasteiger partial charge in [-0.05, 0) is 70.8 Å². The first kappa shape index (κ1) is 22.3. The Hall–Kier alpha value is -5.54. The van der Waals surface area contributed by atoms with Crippen molar-refractivity contribution in [3.05, 3.63) is 140 Å². The van der Waals surface area contributed by atoms with Gasteiger partial charge in [0, 0.05) is 38.3 Å². The van der Waals surface area contributed by atoms with Gasteiger partial charge in [0.2, 0.25) is 0 Å². The van der Waals surface area contributed by atoms with Gasteiger partial charge in [0.15, 0.2) is 0 Å². The summed E-state index contributed by atoms with van der Waals surface area (Å²) in [6, 6.07) is 49.1. The van der Waals surface area contributed by atoms with Gasteiger partial charge in [0.05, 0.1) is 5.69 Å². The van der Waals surface area contributed by atoms with E-state index in [9.17, 15) is 0 Å². The maximum absolute atomic E-state index is 6.18. The normalized spacial score (nSPS) is 11.9. The third-order valence-corrected chi connectivity index (χ3v) is 8.24. The molecule has 3 heteroatoms. The number of benzene rings is 7. The third-order valence-electron chi connectivity index (χ3n) is 8.24. The molecular weight excluding hydrogens is 502 g/mol. The molecule has 9 aromatic rings. The predicted molar refractivity (Wildman–Crippen MR) is 171 cm³/mol. The highest BCUT2D eigenvalue weighted by atomic mass is 16.3. The van der Waals surface area contributed by atoms with E-state index < -0.39 is 0 Å². The molecule has 0 N–H and O–H groups in total. The predicted octanol–water partition coefficient (Wildman–Crippen LogP) is 11.3. The number of nitrogens with zero attached hydrogens (tertiary/aromatic N) is 1. The molecule has 0 aliphatic carbocycles. The smallest absolute Gasteiger partial charge is 0.135 e. The molecule has 0 fully saturated rings. The van der Waals surface area contributed by atoms with Crippen LogP contribution in [-0.2, 0) is 0 Å². The number of furan rings is 2. The second-order valence-corrected chi connectivity index (χ2v) is 10.6. The summed E-state index contributed by atoms with van der Waals surface area (Å²) in [6.07, 6.45) is 0. The Morgan fingerprint density at radius 2 is 0.878 bits per heavy atom. The van der Waals surface area contributed by atoms with Gasteiger partial charge in [-0.1, -0.05) is 84.9 Å². The van der Waals surface area contributed by atoms with Crippen LogP contribution in [0, 0.1) is 0 Å². The van der Waals surface area contributed by atoms with E-state index in [-0.39, 0.29) is 0 Å². The summed E-state index contributed by atoms with van der Waals surface area (Å²) in [6.45, 7) is 0. The van der Waals surface area contributed by atoms with Crippen molar-refractivity contribution in [1.29, 1.82) is 0 Å². The van der Waals surface area contributed by atoms with Crippen LogP contribution in [0.2, 0.25) is 0 Å². The molecule has 0 aliphatic rings. The Bertz CT molecular complexity index is 2330. The van der Waals surface area contributed by atoms with Crippen molar-refractivity contribution in [1.82, 2.24) is 0 Å². The van der Waals surface area contributed by atoms with E-state index in [0.29, 0.717) is 0 Å². The Labute approximate surface area is 235 Å². The van der Waals surface area contributed by atoms with Crippen molar-refractivity contribution < 1.29 is 8.83 Å². The maximum Gasteiger partial charge on any atom is 0.135 e. The van der Waals surface area contributed by atoms with E-state index in [1.807, 2.05) is 24.3 Å². The highest BCUT2D eigenvalue weighted by molar-refractivity contribution is 6.14. The van der Waals surface area contributed by atoms with Crippen LogP contribution < -0.4 is 4.90 Å². The molecular formula is C38H23NO2. The molecule has 0 bridgehead atoms. The molecule has 0 amide bonds. The maximum atomic E-state index is 6.18. The quantitative estimate of drug-likeness (QED) is 0.215. The number of hydrogen-bond donors (Lipinski definition) is 0. The second kappa shape index (κ2) is 8.48. The molecule has 3 nitrogen and oxygen atoms in total. The van der Waals surface area contributed by atoms with Gasteiger partial charge in [-0.15, -0.1) is 0 Å². The van der Waals surface area contributed by atoms with E-state index >= 15 is 0 Å². The molecule has 0 aliphatic heterocycles. The highest BCUT2D eigenvalue weighted by Gasteiger charge is 2.19. The minimum absolute atomic E-state index is 0.884. The van der Waals surface area contributed by atoms with Crippen LogP contribution in [0.1, 0.15) is 0 Å². The van der Waals surface area contributed by atoms with Crippen molar-refractivity contribution in [3.8, 4) is 0 Å². The molecule has 0 saturated heterocycles. The Kier molecular flexibility index (Phi) is 4.61. The van der Waals surface area contributed by atoms with E-state index in [1.54, 1.807) is 0 Å². The van der Waals surface area contributed by atoms with Gasteiger partial charge >= 0.3 is 0 Å². The number of hydrogen-bond acceptors (Lipinski definition) is 3. The summed E-state index contributed by atoms with van der Waals surface area (Å²) in [5.74, 6) is 0. The van der Waals surface area contributed by atoms with E-state index in [0.717, 1.165) is 60.9 Å². The van der Waals surface area contributed by atoms with Crippen LogP contribution in [0.4, 0.5) is 17.1 Å². The van der Waals surface area contributed by atoms with Gasteiger partial charge in [0.1, 0.15) is 22.3 Å². The first-order chi connectivity index (χ1) is 20.3. The van der Waals surface area contributed by atoms with Crippen LogP contribution in [0.5, 0.6) is 0 Å². The first-order valence-electron chi connectivity index (χ1n) is 13.9. The van der Waals surface area contributed by atoms with Crippen molar-refractivity contribution >= 4 is 82.5 Å². The van der Waals surface area contributed by atoms with Crippen molar-refractivity contribution in [2.75, 3.05) is 4.90 Å². The molecule has 0 unspecified atom stereocenters. The van der Waals surface area contributed by atoms with Crippen LogP contribution in [0.15, 0.2) is 148 Å².